The third-order valence-corrected chi connectivity index (χ3v) is 6.29. The predicted octanol–water partition coefficient (Wildman–Crippen LogP) is 4.71. The average molecular weight is 503 g/mol. The number of nitrogens with zero attached hydrogens (tertiary/aromatic N) is 2. The van der Waals surface area contributed by atoms with Gasteiger partial charge in [0.1, 0.15) is 23.2 Å². The minimum absolute atomic E-state index is 0.0896. The van der Waals surface area contributed by atoms with E-state index in [1.54, 1.807) is 34.1 Å². The summed E-state index contributed by atoms with van der Waals surface area (Å²) >= 11 is 0. The smallest absolute Gasteiger partial charge is 0.408 e. The molecule has 2 heterocycles. The van der Waals surface area contributed by atoms with Gasteiger partial charge >= 0.3 is 6.09 Å². The van der Waals surface area contributed by atoms with Gasteiger partial charge in [-0.1, -0.05) is 24.3 Å². The highest BCUT2D eigenvalue weighted by Gasteiger charge is 2.29. The Labute approximate surface area is 217 Å². The largest absolute Gasteiger partial charge is 0.497 e. The summed E-state index contributed by atoms with van der Waals surface area (Å²) in [6.07, 6.45) is 6.06. The summed E-state index contributed by atoms with van der Waals surface area (Å²) in [7, 11) is 3.56. The van der Waals surface area contributed by atoms with Gasteiger partial charge in [0.15, 0.2) is 0 Å². The minimum Gasteiger partial charge on any atom is -0.497 e. The molecule has 4 rings (SSSR count). The Bertz CT molecular complexity index is 1300. The van der Waals surface area contributed by atoms with E-state index in [-0.39, 0.29) is 11.9 Å². The Balaban J connectivity index is 1.47. The van der Waals surface area contributed by atoms with Gasteiger partial charge in [-0.3, -0.25) is 9.78 Å². The number of alkyl carbamates (subject to hydrolysis) is 1. The lowest BCUT2D eigenvalue weighted by molar-refractivity contribution is -0.122. The van der Waals surface area contributed by atoms with Gasteiger partial charge in [0, 0.05) is 31.2 Å². The van der Waals surface area contributed by atoms with Crippen LogP contribution < -0.4 is 15.4 Å². The number of hydrogen-bond donors (Lipinski definition) is 2. The quantitative estimate of drug-likeness (QED) is 0.486. The minimum atomic E-state index is -0.829. The molecule has 0 saturated carbocycles. The third-order valence-electron chi connectivity index (χ3n) is 6.29. The molecule has 37 heavy (non-hydrogen) atoms. The van der Waals surface area contributed by atoms with Gasteiger partial charge in [-0.25, -0.2) is 4.79 Å². The third kappa shape index (κ3) is 6.58. The topological polar surface area (TPSA) is 92.8 Å². The van der Waals surface area contributed by atoms with E-state index in [9.17, 15) is 9.59 Å². The first-order valence-electron chi connectivity index (χ1n) is 12.3. The summed E-state index contributed by atoms with van der Waals surface area (Å²) in [6.45, 7) is 5.35. The number of benzene rings is 2. The second-order valence-corrected chi connectivity index (χ2v) is 10.2. The van der Waals surface area contributed by atoms with Crippen molar-refractivity contribution in [1.82, 2.24) is 20.5 Å². The van der Waals surface area contributed by atoms with Gasteiger partial charge in [-0.05, 0) is 74.0 Å². The molecule has 1 aliphatic rings. The molecule has 0 saturated heterocycles. The summed E-state index contributed by atoms with van der Waals surface area (Å²) in [5.74, 6) is 1.11. The van der Waals surface area contributed by atoms with Crippen LogP contribution >= 0.6 is 0 Å². The first-order chi connectivity index (χ1) is 17.6. The lowest BCUT2D eigenvalue weighted by Crippen LogP contribution is -2.50. The number of hydrogen-bond acceptors (Lipinski definition) is 6. The first-order valence-corrected chi connectivity index (χ1v) is 12.3. The van der Waals surface area contributed by atoms with Crippen LogP contribution in [-0.4, -0.2) is 47.7 Å². The van der Waals surface area contributed by atoms with Crippen LogP contribution in [0.15, 0.2) is 72.8 Å². The van der Waals surface area contributed by atoms with E-state index in [1.807, 2.05) is 49.7 Å². The van der Waals surface area contributed by atoms with Gasteiger partial charge < -0.3 is 25.0 Å². The molecule has 1 aliphatic heterocycles. The summed E-state index contributed by atoms with van der Waals surface area (Å²) in [6, 6.07) is 15.0. The Kier molecular flexibility index (Phi) is 7.66. The van der Waals surface area contributed by atoms with Crippen molar-refractivity contribution in [3.05, 3.63) is 83.9 Å². The number of carbonyl (C=O) groups is 2. The van der Waals surface area contributed by atoms with Crippen molar-refractivity contribution in [3.8, 4) is 5.75 Å². The Hall–Kier alpha value is -4.07. The van der Waals surface area contributed by atoms with Crippen LogP contribution in [0.25, 0.3) is 10.8 Å². The molecule has 8 heteroatoms. The second-order valence-electron chi connectivity index (χ2n) is 10.2. The molecule has 2 amide bonds. The van der Waals surface area contributed by atoms with Gasteiger partial charge in [0.25, 0.3) is 0 Å². The number of nitrogens with one attached hydrogen (secondary N) is 2. The highest BCUT2D eigenvalue weighted by molar-refractivity contribution is 5.87. The summed E-state index contributed by atoms with van der Waals surface area (Å²) in [5.41, 5.74) is 1.36. The molecule has 2 atom stereocenters. The standard InChI is InChI=1S/C29H34N4O4/c1-29(2,3)37-28(35)31-24(16-19-6-10-23(36-5)11-7-19)27(34)32-26-13-12-25(33(26)4)21-8-9-22-18-30-15-14-20(22)17-21/h6-11,13-15,17-18,24-25H,12,16H2,1-5H3,(H,31,35)(H,32,34)/t24-,25?/m0/s1. The van der Waals surface area contributed by atoms with E-state index in [0.717, 1.165) is 34.1 Å². The van der Waals surface area contributed by atoms with Crippen molar-refractivity contribution in [1.29, 1.82) is 0 Å². The van der Waals surface area contributed by atoms with E-state index in [1.165, 1.54) is 0 Å². The average Bonchev–Trinajstić information content (AvgIpc) is 3.22. The van der Waals surface area contributed by atoms with Crippen molar-refractivity contribution in [3.63, 3.8) is 0 Å². The molecule has 1 unspecified atom stereocenters. The van der Waals surface area contributed by atoms with Gasteiger partial charge in [-0.15, -0.1) is 0 Å². The fourth-order valence-corrected chi connectivity index (χ4v) is 4.37. The zero-order valence-electron chi connectivity index (χ0n) is 21.9. The number of methoxy groups -OCH3 is 1. The van der Waals surface area contributed by atoms with Crippen molar-refractivity contribution >= 4 is 22.8 Å². The molecule has 194 valence electrons. The van der Waals surface area contributed by atoms with Crippen molar-refractivity contribution < 1.29 is 19.1 Å². The molecule has 3 aromatic rings. The Morgan fingerprint density at radius 3 is 2.57 bits per heavy atom. The van der Waals surface area contributed by atoms with E-state index in [0.29, 0.717) is 12.2 Å². The normalized spacial score (nSPS) is 16.2. The maximum atomic E-state index is 13.4. The second kappa shape index (κ2) is 10.9. The maximum Gasteiger partial charge on any atom is 0.408 e. The number of aromatic nitrogens is 1. The Morgan fingerprint density at radius 2 is 1.86 bits per heavy atom. The predicted molar refractivity (Wildman–Crippen MR) is 143 cm³/mol. The van der Waals surface area contributed by atoms with Crippen LogP contribution in [0.4, 0.5) is 4.79 Å². The molecule has 0 fully saturated rings. The number of ether oxygens (including phenoxy) is 2. The van der Waals surface area contributed by atoms with E-state index in [4.69, 9.17) is 9.47 Å². The lowest BCUT2D eigenvalue weighted by Gasteiger charge is -2.28. The maximum absolute atomic E-state index is 13.4. The molecular weight excluding hydrogens is 468 g/mol. The fourth-order valence-electron chi connectivity index (χ4n) is 4.37. The Morgan fingerprint density at radius 1 is 1.11 bits per heavy atom. The SMILES string of the molecule is COc1ccc(C[C@H](NC(=O)OC(C)(C)C)C(=O)NC2=CCC(c3ccc4cnccc4c3)N2C)cc1. The van der Waals surface area contributed by atoms with E-state index in [2.05, 4.69) is 38.7 Å². The number of fused-ring (bicyclic) bond motifs is 1. The monoisotopic (exact) mass is 502 g/mol. The molecular formula is C29H34N4O4. The molecule has 1 aromatic heterocycles. The number of pyridine rings is 1. The van der Waals surface area contributed by atoms with Crippen LogP contribution in [0.1, 0.15) is 44.4 Å². The lowest BCUT2D eigenvalue weighted by atomic mass is 10.0. The van der Waals surface area contributed by atoms with Crippen molar-refractivity contribution in [2.24, 2.45) is 0 Å². The van der Waals surface area contributed by atoms with Crippen LogP contribution in [0.5, 0.6) is 5.75 Å². The van der Waals surface area contributed by atoms with E-state index >= 15 is 0 Å². The molecule has 0 spiro atoms. The number of carbonyl (C=O) groups excluding carboxylic acids is 2. The first kappa shape index (κ1) is 26.0. The summed E-state index contributed by atoms with van der Waals surface area (Å²) in [5, 5.41) is 7.98. The van der Waals surface area contributed by atoms with Crippen LogP contribution in [0.2, 0.25) is 0 Å². The van der Waals surface area contributed by atoms with Crippen molar-refractivity contribution in [2.75, 3.05) is 14.2 Å². The summed E-state index contributed by atoms with van der Waals surface area (Å²) in [4.78, 5) is 32.2. The summed E-state index contributed by atoms with van der Waals surface area (Å²) < 4.78 is 10.6. The zero-order chi connectivity index (χ0) is 26.6. The van der Waals surface area contributed by atoms with Crippen LogP contribution in [0, 0.1) is 0 Å². The number of rotatable bonds is 7. The van der Waals surface area contributed by atoms with Crippen LogP contribution in [0.3, 0.4) is 0 Å². The molecule has 0 aliphatic carbocycles. The molecule has 2 aromatic carbocycles. The fraction of sp³-hybridized carbons (Fsp3) is 0.345. The highest BCUT2D eigenvalue weighted by atomic mass is 16.6. The molecule has 8 nitrogen and oxygen atoms in total. The van der Waals surface area contributed by atoms with Gasteiger partial charge in [0.05, 0.1) is 13.2 Å². The number of amides is 2. The van der Waals surface area contributed by atoms with Crippen LogP contribution in [-0.2, 0) is 16.0 Å². The van der Waals surface area contributed by atoms with Gasteiger partial charge in [-0.2, -0.15) is 0 Å². The van der Waals surface area contributed by atoms with Gasteiger partial charge in [0.2, 0.25) is 5.91 Å². The zero-order valence-corrected chi connectivity index (χ0v) is 21.9. The van der Waals surface area contributed by atoms with E-state index < -0.39 is 17.7 Å². The van der Waals surface area contributed by atoms with Crippen molar-refractivity contribution in [2.45, 2.75) is 51.3 Å². The molecule has 0 bridgehead atoms. The molecule has 0 radical (unpaired) electrons. The molecule has 2 N–H and O–H groups in total. The highest BCUT2D eigenvalue weighted by Crippen LogP contribution is 2.33.